The average Bonchev–Trinajstić information content (AvgIpc) is 2.92. The summed E-state index contributed by atoms with van der Waals surface area (Å²) in [5.74, 6) is 0.464. The summed E-state index contributed by atoms with van der Waals surface area (Å²) in [5.41, 5.74) is 0.327. The molecule has 1 unspecified atom stereocenters. The number of hydrogen-bond acceptors (Lipinski definition) is 10. The zero-order valence-electron chi connectivity index (χ0n) is 22.2. The smallest absolute Gasteiger partial charge is 0.446 e. The molecule has 0 fully saturated rings. The predicted octanol–water partition coefficient (Wildman–Crippen LogP) is 5.27. The number of benzene rings is 2. The number of rotatable bonds is 9. The van der Waals surface area contributed by atoms with Crippen LogP contribution in [-0.2, 0) is 14.6 Å². The van der Waals surface area contributed by atoms with Crippen molar-refractivity contribution in [2.24, 2.45) is 0 Å². The number of aromatic nitrogens is 2. The van der Waals surface area contributed by atoms with Crippen LogP contribution in [0.4, 0.5) is 37.8 Å². The first-order valence-electron chi connectivity index (χ1n) is 11.4. The van der Waals surface area contributed by atoms with Gasteiger partial charge in [0.1, 0.15) is 17.9 Å². The molecular weight excluding hydrogens is 588 g/mol. The second-order valence-corrected chi connectivity index (χ2v) is 10.2. The van der Waals surface area contributed by atoms with Crippen molar-refractivity contribution in [3.8, 4) is 23.0 Å². The van der Waals surface area contributed by atoms with Crippen LogP contribution in [0, 0.1) is 0 Å². The number of halogens is 6. The highest BCUT2D eigenvalue weighted by Crippen LogP contribution is 2.46. The van der Waals surface area contributed by atoms with Crippen LogP contribution in [0.5, 0.6) is 23.0 Å². The van der Waals surface area contributed by atoms with Crippen molar-refractivity contribution in [1.29, 1.82) is 0 Å². The first-order valence-corrected chi connectivity index (χ1v) is 13.0. The molecule has 226 valence electrons. The summed E-state index contributed by atoms with van der Waals surface area (Å²) in [5, 5.41) is 3.21. The Labute approximate surface area is 230 Å². The van der Waals surface area contributed by atoms with E-state index >= 15 is 0 Å². The maximum atomic E-state index is 13.2. The van der Waals surface area contributed by atoms with Gasteiger partial charge >= 0.3 is 12.4 Å². The van der Waals surface area contributed by atoms with Gasteiger partial charge in [-0.1, -0.05) is 6.92 Å². The van der Waals surface area contributed by atoms with Crippen LogP contribution in [-0.4, -0.2) is 70.2 Å². The van der Waals surface area contributed by atoms with E-state index < -0.39 is 34.6 Å². The highest BCUT2D eigenvalue weighted by Gasteiger charge is 2.38. The maximum Gasteiger partial charge on any atom is 0.446 e. The van der Waals surface area contributed by atoms with Crippen molar-refractivity contribution in [3.63, 3.8) is 0 Å². The molecule has 0 bridgehead atoms. The number of alkyl halides is 6. The molecule has 1 heterocycles. The standard InChI is InChI=1S/C22H24F3N3O6S.C2HF3O/c1-6-35(29,30)13-7-8-16(34-12(2)22(23,24)25)14(9-13)28-21-18-15(26-11-27-21)10-17(31-3)19(32-4)20(18)33-5;3-2(4,5)1-6/h7-12H,6H2,1-5H3,(H,26,27,28);1H. The number of fused-ring (bicyclic) bond motifs is 1. The highest BCUT2D eigenvalue weighted by molar-refractivity contribution is 7.91. The second kappa shape index (κ2) is 13.1. The van der Waals surface area contributed by atoms with Gasteiger partial charge in [-0.25, -0.2) is 18.4 Å². The second-order valence-electron chi connectivity index (χ2n) is 7.91. The Bertz CT molecular complexity index is 1480. The van der Waals surface area contributed by atoms with Gasteiger partial charge in [0.25, 0.3) is 0 Å². The normalized spacial score (nSPS) is 12.6. The van der Waals surface area contributed by atoms with Gasteiger partial charge in [-0.15, -0.1) is 0 Å². The molecule has 1 N–H and O–H groups in total. The van der Waals surface area contributed by atoms with Crippen molar-refractivity contribution in [2.45, 2.75) is 37.2 Å². The summed E-state index contributed by atoms with van der Waals surface area (Å²) in [7, 11) is 0.565. The maximum absolute atomic E-state index is 13.2. The number of hydrogen-bond donors (Lipinski definition) is 1. The van der Waals surface area contributed by atoms with Crippen LogP contribution in [0.1, 0.15) is 13.8 Å². The molecule has 3 aromatic rings. The minimum atomic E-state index is -4.64. The van der Waals surface area contributed by atoms with Gasteiger partial charge in [-0.3, -0.25) is 4.79 Å². The molecule has 1 atom stereocenters. The summed E-state index contributed by atoms with van der Waals surface area (Å²) >= 11 is 0. The van der Waals surface area contributed by atoms with Gasteiger partial charge in [0, 0.05) is 6.07 Å². The molecule has 0 saturated heterocycles. The molecule has 0 aliphatic carbocycles. The fourth-order valence-electron chi connectivity index (χ4n) is 3.24. The van der Waals surface area contributed by atoms with Crippen molar-refractivity contribution in [3.05, 3.63) is 30.6 Å². The third-order valence-corrected chi connectivity index (χ3v) is 7.00. The number of aldehydes is 1. The number of nitrogens with one attached hydrogen (secondary N) is 1. The fourth-order valence-corrected chi connectivity index (χ4v) is 4.14. The Morgan fingerprint density at radius 3 is 2.05 bits per heavy atom. The molecule has 0 aliphatic heterocycles. The van der Waals surface area contributed by atoms with Gasteiger partial charge in [-0.05, 0) is 25.1 Å². The number of nitrogens with zero attached hydrogens (tertiary/aromatic N) is 2. The van der Waals surface area contributed by atoms with Crippen LogP contribution in [0.2, 0.25) is 0 Å². The van der Waals surface area contributed by atoms with Gasteiger partial charge in [0.2, 0.25) is 12.0 Å². The van der Waals surface area contributed by atoms with E-state index in [1.165, 1.54) is 46.7 Å². The zero-order valence-corrected chi connectivity index (χ0v) is 23.0. The van der Waals surface area contributed by atoms with Gasteiger partial charge in [-0.2, -0.15) is 26.3 Å². The topological polar surface area (TPSA) is 126 Å². The Hall–Kier alpha value is -4.02. The summed E-state index contributed by atoms with van der Waals surface area (Å²) in [6.07, 6.45) is -11.3. The molecule has 0 radical (unpaired) electrons. The van der Waals surface area contributed by atoms with E-state index in [1.807, 2.05) is 0 Å². The molecule has 0 amide bonds. The Morgan fingerprint density at radius 1 is 0.951 bits per heavy atom. The molecule has 1 aromatic heterocycles. The van der Waals surface area contributed by atoms with E-state index in [1.54, 1.807) is 6.07 Å². The summed E-state index contributed by atoms with van der Waals surface area (Å²) in [4.78, 5) is 17.0. The molecule has 0 aliphatic rings. The molecule has 10 nitrogen and oxygen atoms in total. The van der Waals surface area contributed by atoms with Crippen molar-refractivity contribution >= 4 is 38.5 Å². The van der Waals surface area contributed by atoms with Crippen molar-refractivity contribution in [1.82, 2.24) is 9.97 Å². The Morgan fingerprint density at radius 2 is 1.56 bits per heavy atom. The van der Waals surface area contributed by atoms with E-state index in [9.17, 15) is 34.8 Å². The van der Waals surface area contributed by atoms with Crippen LogP contribution >= 0.6 is 0 Å². The third kappa shape index (κ3) is 8.25. The predicted molar refractivity (Wildman–Crippen MR) is 135 cm³/mol. The van der Waals surface area contributed by atoms with E-state index in [0.29, 0.717) is 16.7 Å². The van der Waals surface area contributed by atoms with Crippen LogP contribution in [0.25, 0.3) is 10.9 Å². The lowest BCUT2D eigenvalue weighted by Gasteiger charge is -2.21. The van der Waals surface area contributed by atoms with Crippen LogP contribution < -0.4 is 24.3 Å². The highest BCUT2D eigenvalue weighted by atomic mass is 32.2. The van der Waals surface area contributed by atoms with Gasteiger partial charge < -0.3 is 24.3 Å². The fraction of sp³-hybridized carbons (Fsp3) is 0.375. The average molecular weight is 614 g/mol. The lowest BCUT2D eigenvalue weighted by Crippen LogP contribution is -2.31. The van der Waals surface area contributed by atoms with E-state index in [0.717, 1.165) is 13.0 Å². The number of methoxy groups -OCH3 is 3. The molecule has 41 heavy (non-hydrogen) atoms. The van der Waals surface area contributed by atoms with Crippen molar-refractivity contribution < 1.29 is 58.5 Å². The van der Waals surface area contributed by atoms with Crippen molar-refractivity contribution in [2.75, 3.05) is 32.4 Å². The monoisotopic (exact) mass is 613 g/mol. The van der Waals surface area contributed by atoms with E-state index in [4.69, 9.17) is 23.7 Å². The minimum Gasteiger partial charge on any atom is -0.493 e. The molecule has 0 saturated carbocycles. The molecule has 2 aromatic carbocycles. The first kappa shape index (κ1) is 33.2. The summed E-state index contributed by atoms with van der Waals surface area (Å²) in [6.45, 7) is 2.31. The largest absolute Gasteiger partial charge is 0.493 e. The SMILES string of the molecule is CCS(=O)(=O)c1ccc(OC(C)C(F)(F)F)c(Nc2ncnc3cc(OC)c(OC)c(OC)c23)c1.O=CC(F)(F)F. The number of carbonyl (C=O) groups is 1. The Kier molecular flexibility index (Phi) is 10.6. The number of anilines is 2. The quantitative estimate of drug-likeness (QED) is 0.252. The lowest BCUT2D eigenvalue weighted by atomic mass is 10.1. The molecular formula is C24H25F6N3O7S. The van der Waals surface area contributed by atoms with E-state index in [2.05, 4.69) is 15.3 Å². The molecule has 3 rings (SSSR count). The number of carbonyl (C=O) groups excluding carboxylic acids is 1. The number of ether oxygens (including phenoxy) is 4. The Balaban J connectivity index is 0.000000883. The molecule has 0 spiro atoms. The summed E-state index contributed by atoms with van der Waals surface area (Å²) < 4.78 is 117. The van der Waals surface area contributed by atoms with E-state index in [-0.39, 0.29) is 39.4 Å². The van der Waals surface area contributed by atoms with Gasteiger partial charge in [0.15, 0.2) is 27.4 Å². The van der Waals surface area contributed by atoms with Gasteiger partial charge in [0.05, 0.1) is 48.6 Å². The number of sulfone groups is 1. The first-order chi connectivity index (χ1) is 19.0. The third-order valence-electron chi connectivity index (χ3n) is 5.27. The van der Waals surface area contributed by atoms with Crippen LogP contribution in [0.3, 0.4) is 0 Å². The molecule has 17 heteroatoms. The lowest BCUT2D eigenvalue weighted by molar-refractivity contribution is -0.189. The summed E-state index contributed by atoms with van der Waals surface area (Å²) in [6, 6.07) is 5.12. The zero-order chi connectivity index (χ0) is 31.2. The minimum absolute atomic E-state index is 0.0486. The van der Waals surface area contributed by atoms with Crippen LogP contribution in [0.15, 0.2) is 35.5 Å².